The van der Waals surface area contributed by atoms with Gasteiger partial charge < -0.3 is 4.74 Å². The summed E-state index contributed by atoms with van der Waals surface area (Å²) in [6.07, 6.45) is -1.18. The molecule has 0 aliphatic heterocycles. The Morgan fingerprint density at radius 1 is 1.60 bits per heavy atom. The van der Waals surface area contributed by atoms with E-state index in [1.54, 1.807) is 6.92 Å². The van der Waals surface area contributed by atoms with E-state index in [4.69, 9.17) is 5.73 Å². The number of carbonyl (C=O) groups is 2. The topological polar surface area (TPSA) is 67.2 Å². The molecule has 1 atom stereocenters. The number of rotatable bonds is 4. The number of carbonyl (C=O) groups excluding carboxylic acids is 2. The van der Waals surface area contributed by atoms with Crippen molar-refractivity contribution in [3.8, 4) is 0 Å². The lowest BCUT2D eigenvalue weighted by Gasteiger charge is -2.07. The standard InChI is InChI=1S/C6H10NO3/c1-3-10-5(4(2)8)6(7)9/h5,7H,3H2,1-2H3. The molecular weight excluding hydrogens is 134 g/mol. The summed E-state index contributed by atoms with van der Waals surface area (Å²) in [4.78, 5) is 20.8. The molecule has 0 aromatic rings. The van der Waals surface area contributed by atoms with Crippen LogP contribution in [0.1, 0.15) is 13.8 Å². The second-order valence-electron chi connectivity index (χ2n) is 1.81. The second kappa shape index (κ2) is 4.00. The Kier molecular flexibility index (Phi) is 3.64. The summed E-state index contributed by atoms with van der Waals surface area (Å²) in [5.74, 6) is -1.39. The van der Waals surface area contributed by atoms with Crippen LogP contribution >= 0.6 is 0 Å². The summed E-state index contributed by atoms with van der Waals surface area (Å²) < 4.78 is 4.68. The fourth-order valence-corrected chi connectivity index (χ4v) is 0.544. The third-order valence-corrected chi connectivity index (χ3v) is 0.941. The zero-order valence-electron chi connectivity index (χ0n) is 6.01. The summed E-state index contributed by atoms with van der Waals surface area (Å²) in [5, 5.41) is 0. The van der Waals surface area contributed by atoms with Crippen LogP contribution < -0.4 is 5.73 Å². The smallest absolute Gasteiger partial charge is 0.275 e. The van der Waals surface area contributed by atoms with Gasteiger partial charge in [-0.1, -0.05) is 0 Å². The fourth-order valence-electron chi connectivity index (χ4n) is 0.544. The van der Waals surface area contributed by atoms with Crippen molar-refractivity contribution in [1.82, 2.24) is 5.73 Å². The summed E-state index contributed by atoms with van der Waals surface area (Å²) in [5.41, 5.74) is 6.58. The molecule has 0 aliphatic carbocycles. The molecule has 0 rings (SSSR count). The van der Waals surface area contributed by atoms with Crippen LogP contribution in [0.2, 0.25) is 0 Å². The van der Waals surface area contributed by atoms with Gasteiger partial charge in [-0.25, -0.2) is 0 Å². The summed E-state index contributed by atoms with van der Waals surface area (Å²) >= 11 is 0. The molecule has 1 N–H and O–H groups in total. The van der Waals surface area contributed by atoms with E-state index in [0.29, 0.717) is 0 Å². The molecule has 0 heterocycles. The van der Waals surface area contributed by atoms with Crippen LogP contribution in [0.25, 0.3) is 0 Å². The van der Waals surface area contributed by atoms with E-state index in [0.717, 1.165) is 0 Å². The molecule has 0 fully saturated rings. The largest absolute Gasteiger partial charge is 0.361 e. The second-order valence-corrected chi connectivity index (χ2v) is 1.81. The first-order valence-electron chi connectivity index (χ1n) is 2.97. The van der Waals surface area contributed by atoms with Crippen LogP contribution in [0.5, 0.6) is 0 Å². The van der Waals surface area contributed by atoms with Crippen molar-refractivity contribution in [2.75, 3.05) is 6.61 Å². The molecule has 1 amide bonds. The van der Waals surface area contributed by atoms with E-state index in [9.17, 15) is 9.59 Å². The molecule has 1 unspecified atom stereocenters. The molecule has 0 aromatic carbocycles. The van der Waals surface area contributed by atoms with Crippen molar-refractivity contribution in [2.45, 2.75) is 20.0 Å². The molecule has 0 saturated heterocycles. The number of Topliss-reactive ketones (excluding diaryl/α,β-unsaturated/α-hetero) is 1. The fraction of sp³-hybridized carbons (Fsp3) is 0.667. The Balaban J connectivity index is 3.98. The van der Waals surface area contributed by atoms with Crippen LogP contribution in [0.3, 0.4) is 0 Å². The Morgan fingerprint density at radius 3 is 2.20 bits per heavy atom. The van der Waals surface area contributed by atoms with E-state index < -0.39 is 17.8 Å². The van der Waals surface area contributed by atoms with Crippen LogP contribution in [0.4, 0.5) is 0 Å². The van der Waals surface area contributed by atoms with E-state index in [1.807, 2.05) is 0 Å². The highest BCUT2D eigenvalue weighted by molar-refractivity contribution is 6.02. The van der Waals surface area contributed by atoms with Gasteiger partial charge in [0.05, 0.1) is 0 Å². The maximum atomic E-state index is 10.5. The lowest BCUT2D eigenvalue weighted by Crippen LogP contribution is -2.31. The highest BCUT2D eigenvalue weighted by Gasteiger charge is 2.20. The van der Waals surface area contributed by atoms with Gasteiger partial charge in [-0.05, 0) is 13.8 Å². The van der Waals surface area contributed by atoms with Crippen molar-refractivity contribution in [2.24, 2.45) is 0 Å². The highest BCUT2D eigenvalue weighted by atomic mass is 16.5. The number of hydrogen-bond donors (Lipinski definition) is 0. The third-order valence-electron chi connectivity index (χ3n) is 0.941. The highest BCUT2D eigenvalue weighted by Crippen LogP contribution is 1.92. The van der Waals surface area contributed by atoms with Gasteiger partial charge in [-0.15, -0.1) is 0 Å². The first-order valence-corrected chi connectivity index (χ1v) is 2.97. The number of hydrogen-bond acceptors (Lipinski definition) is 3. The van der Waals surface area contributed by atoms with Crippen LogP contribution in [-0.2, 0) is 14.3 Å². The minimum Gasteiger partial charge on any atom is -0.361 e. The molecule has 10 heavy (non-hydrogen) atoms. The molecule has 0 spiro atoms. The Morgan fingerprint density at radius 2 is 2.10 bits per heavy atom. The van der Waals surface area contributed by atoms with Crippen molar-refractivity contribution < 1.29 is 14.3 Å². The van der Waals surface area contributed by atoms with Gasteiger partial charge in [0.25, 0.3) is 5.91 Å². The lowest BCUT2D eigenvalue weighted by atomic mass is 10.2. The minimum absolute atomic E-state index is 0.273. The molecule has 4 heteroatoms. The average Bonchev–Trinajstić information content (AvgIpc) is 1.81. The van der Waals surface area contributed by atoms with Gasteiger partial charge in [-0.2, -0.15) is 0 Å². The predicted octanol–water partition coefficient (Wildman–Crippen LogP) is -0.210. The van der Waals surface area contributed by atoms with E-state index in [2.05, 4.69) is 4.74 Å². The molecule has 4 nitrogen and oxygen atoms in total. The number of ketones is 1. The molecular formula is C6H10NO3. The molecule has 1 radical (unpaired) electrons. The van der Waals surface area contributed by atoms with Crippen LogP contribution in [0.15, 0.2) is 0 Å². The first kappa shape index (κ1) is 9.10. The third kappa shape index (κ3) is 2.59. The molecule has 0 saturated carbocycles. The zero-order chi connectivity index (χ0) is 8.15. The Labute approximate surface area is 59.3 Å². The molecule has 0 aromatic heterocycles. The lowest BCUT2D eigenvalue weighted by molar-refractivity contribution is -0.140. The van der Waals surface area contributed by atoms with Gasteiger partial charge >= 0.3 is 0 Å². The molecule has 0 aliphatic rings. The Bertz CT molecular complexity index is 130. The normalized spacial score (nSPS) is 12.6. The maximum absolute atomic E-state index is 10.5. The predicted molar refractivity (Wildman–Crippen MR) is 34.2 cm³/mol. The number of nitrogens with one attached hydrogen (secondary N) is 1. The average molecular weight is 144 g/mol. The SMILES string of the molecule is CCOC(C(C)=O)C([NH])=O. The van der Waals surface area contributed by atoms with Gasteiger partial charge in [0.2, 0.25) is 0 Å². The van der Waals surface area contributed by atoms with Gasteiger partial charge in [-0.3, -0.25) is 15.3 Å². The number of ether oxygens (including phenoxy) is 1. The van der Waals surface area contributed by atoms with Gasteiger partial charge in [0, 0.05) is 6.61 Å². The molecule has 57 valence electrons. The summed E-state index contributed by atoms with van der Waals surface area (Å²) in [7, 11) is 0. The first-order chi connectivity index (χ1) is 4.59. The monoisotopic (exact) mass is 144 g/mol. The van der Waals surface area contributed by atoms with Gasteiger partial charge in [0.1, 0.15) is 0 Å². The maximum Gasteiger partial charge on any atom is 0.275 e. The van der Waals surface area contributed by atoms with Crippen molar-refractivity contribution in [3.63, 3.8) is 0 Å². The van der Waals surface area contributed by atoms with Crippen molar-refractivity contribution in [1.29, 1.82) is 0 Å². The molecule has 0 bridgehead atoms. The number of amides is 1. The van der Waals surface area contributed by atoms with E-state index in [1.165, 1.54) is 6.92 Å². The van der Waals surface area contributed by atoms with Crippen molar-refractivity contribution >= 4 is 11.7 Å². The van der Waals surface area contributed by atoms with E-state index >= 15 is 0 Å². The summed E-state index contributed by atoms with van der Waals surface area (Å²) in [6, 6.07) is 0. The Hall–Kier alpha value is -0.900. The van der Waals surface area contributed by atoms with Gasteiger partial charge in [0.15, 0.2) is 11.9 Å². The van der Waals surface area contributed by atoms with Crippen LogP contribution in [0, 0.1) is 0 Å². The minimum atomic E-state index is -1.18. The van der Waals surface area contributed by atoms with E-state index in [-0.39, 0.29) is 6.61 Å². The summed E-state index contributed by atoms with van der Waals surface area (Å²) in [6.45, 7) is 3.17. The zero-order valence-corrected chi connectivity index (χ0v) is 6.01. The quantitative estimate of drug-likeness (QED) is 0.513. The van der Waals surface area contributed by atoms with Crippen molar-refractivity contribution in [3.05, 3.63) is 0 Å². The van der Waals surface area contributed by atoms with Crippen LogP contribution in [-0.4, -0.2) is 24.4 Å².